The van der Waals surface area contributed by atoms with E-state index in [-0.39, 0.29) is 24.7 Å². The molecular weight excluding hydrogens is 526 g/mol. The highest BCUT2D eigenvalue weighted by molar-refractivity contribution is 5.97. The van der Waals surface area contributed by atoms with Gasteiger partial charge >= 0.3 is 0 Å². The van der Waals surface area contributed by atoms with Crippen LogP contribution in [0.3, 0.4) is 0 Å². The van der Waals surface area contributed by atoms with Crippen molar-refractivity contribution in [3.63, 3.8) is 0 Å². The summed E-state index contributed by atoms with van der Waals surface area (Å²) in [7, 11) is 0. The molecule has 0 bridgehead atoms. The molecule has 214 valence electrons. The Kier molecular flexibility index (Phi) is 7.89. The van der Waals surface area contributed by atoms with E-state index in [4.69, 9.17) is 0 Å². The van der Waals surface area contributed by atoms with Gasteiger partial charge in [0.25, 0.3) is 5.91 Å². The van der Waals surface area contributed by atoms with E-state index in [0.717, 1.165) is 17.5 Å². The molecule has 1 saturated heterocycles. The van der Waals surface area contributed by atoms with E-state index in [1.165, 1.54) is 29.2 Å². The number of hydrogen-bond acceptors (Lipinski definition) is 4. The molecule has 0 radical (unpaired) electrons. The lowest BCUT2D eigenvalue weighted by molar-refractivity contribution is -0.138. The molecule has 5 rings (SSSR count). The summed E-state index contributed by atoms with van der Waals surface area (Å²) in [4.78, 5) is 44.3. The zero-order valence-electron chi connectivity index (χ0n) is 23.4. The van der Waals surface area contributed by atoms with Gasteiger partial charge in [-0.1, -0.05) is 56.3 Å². The minimum atomic E-state index is -1.35. The molecule has 3 aromatic rings. The van der Waals surface area contributed by atoms with Crippen molar-refractivity contribution in [2.75, 3.05) is 13.1 Å². The third-order valence-electron chi connectivity index (χ3n) is 8.08. The minimum Gasteiger partial charge on any atom is -0.348 e. The van der Waals surface area contributed by atoms with E-state index in [0.29, 0.717) is 22.2 Å². The number of halogens is 2. The number of amides is 3. The number of pyridine rings is 1. The van der Waals surface area contributed by atoms with Crippen molar-refractivity contribution in [1.82, 2.24) is 20.5 Å². The van der Waals surface area contributed by atoms with Crippen molar-refractivity contribution < 1.29 is 23.2 Å². The Labute approximate surface area is 238 Å². The van der Waals surface area contributed by atoms with E-state index >= 15 is 0 Å². The van der Waals surface area contributed by atoms with Crippen LogP contribution in [0.25, 0.3) is 17.0 Å². The van der Waals surface area contributed by atoms with Crippen LogP contribution in [0.2, 0.25) is 0 Å². The predicted octanol–water partition coefficient (Wildman–Crippen LogP) is 4.98. The summed E-state index contributed by atoms with van der Waals surface area (Å²) >= 11 is 0. The third-order valence-corrected chi connectivity index (χ3v) is 8.08. The summed E-state index contributed by atoms with van der Waals surface area (Å²) in [6.07, 6.45) is 3.99. The highest BCUT2D eigenvalue weighted by Gasteiger charge is 2.43. The van der Waals surface area contributed by atoms with Gasteiger partial charge in [-0.2, -0.15) is 0 Å². The molecule has 7 nitrogen and oxygen atoms in total. The fourth-order valence-corrected chi connectivity index (χ4v) is 5.38. The number of allylic oxidation sites excluding steroid dienone is 1. The van der Waals surface area contributed by atoms with Crippen LogP contribution < -0.4 is 10.6 Å². The van der Waals surface area contributed by atoms with Gasteiger partial charge in [0.15, 0.2) is 0 Å². The van der Waals surface area contributed by atoms with Gasteiger partial charge in [0.05, 0.1) is 24.6 Å². The second kappa shape index (κ2) is 11.4. The highest BCUT2D eigenvalue weighted by atomic mass is 19.1. The molecule has 1 aliphatic carbocycles. The molecular formula is C32H34F2N4O3. The molecule has 1 aromatic heterocycles. The summed E-state index contributed by atoms with van der Waals surface area (Å²) < 4.78 is 27.9. The second-order valence-electron chi connectivity index (χ2n) is 11.6. The first-order valence-electron chi connectivity index (χ1n) is 13.9. The zero-order valence-corrected chi connectivity index (χ0v) is 23.4. The number of nitrogens with zero attached hydrogens (tertiary/aromatic N) is 2. The van der Waals surface area contributed by atoms with E-state index in [2.05, 4.69) is 41.6 Å². The number of likely N-dealkylation sites (tertiary alicyclic amines) is 1. The fourth-order valence-electron chi connectivity index (χ4n) is 5.38. The van der Waals surface area contributed by atoms with Crippen molar-refractivity contribution in [2.45, 2.75) is 51.9 Å². The Balaban J connectivity index is 1.20. The van der Waals surface area contributed by atoms with Crippen LogP contribution in [-0.2, 0) is 9.59 Å². The van der Waals surface area contributed by atoms with Crippen molar-refractivity contribution in [3.8, 4) is 0 Å². The molecule has 3 amide bonds. The lowest BCUT2D eigenvalue weighted by atomic mass is 9.99. The lowest BCUT2D eigenvalue weighted by Gasteiger charge is -2.26. The maximum atomic E-state index is 14.4. The van der Waals surface area contributed by atoms with Crippen molar-refractivity contribution >= 4 is 34.7 Å². The minimum absolute atomic E-state index is 0.0581. The number of rotatable bonds is 8. The quantitative estimate of drug-likeness (QED) is 0.407. The number of carbonyl (C=O) groups excluding carboxylic acids is 3. The normalized spacial score (nSPS) is 22.1. The molecule has 2 N–H and O–H groups in total. The van der Waals surface area contributed by atoms with Gasteiger partial charge in [0.2, 0.25) is 11.8 Å². The largest absolute Gasteiger partial charge is 0.348 e. The Morgan fingerprint density at radius 3 is 2.66 bits per heavy atom. The van der Waals surface area contributed by atoms with E-state index in [1.807, 2.05) is 31.2 Å². The SMILES string of the molecule is C[C@H](NC(=O)[C@@H]1C[C@@H](F)CN1C(=O)CNC(=O)c1ccc2cc(F)ccc2n1)c1ccccc1/C=C/C1CC1(C)C. The molecule has 2 aliphatic rings. The van der Waals surface area contributed by atoms with Gasteiger partial charge in [-0.3, -0.25) is 14.4 Å². The molecule has 1 saturated carbocycles. The van der Waals surface area contributed by atoms with Gasteiger partial charge < -0.3 is 15.5 Å². The number of alkyl halides is 1. The maximum Gasteiger partial charge on any atom is 0.270 e. The number of hydrogen-bond donors (Lipinski definition) is 2. The molecule has 9 heteroatoms. The fraction of sp³-hybridized carbons (Fsp3) is 0.375. The van der Waals surface area contributed by atoms with Crippen LogP contribution in [0.1, 0.15) is 61.3 Å². The van der Waals surface area contributed by atoms with Crippen LogP contribution >= 0.6 is 0 Å². The zero-order chi connectivity index (χ0) is 29.3. The average Bonchev–Trinajstić information content (AvgIpc) is 3.36. The number of carbonyl (C=O) groups is 3. The molecule has 41 heavy (non-hydrogen) atoms. The van der Waals surface area contributed by atoms with Crippen LogP contribution in [0.4, 0.5) is 8.78 Å². The van der Waals surface area contributed by atoms with Crippen molar-refractivity contribution in [2.24, 2.45) is 11.3 Å². The summed E-state index contributed by atoms with van der Waals surface area (Å²) in [5.41, 5.74) is 2.74. The summed E-state index contributed by atoms with van der Waals surface area (Å²) in [5.74, 6) is -1.49. The van der Waals surface area contributed by atoms with Gasteiger partial charge in [-0.05, 0) is 60.1 Å². The Morgan fingerprint density at radius 1 is 1.15 bits per heavy atom. The maximum absolute atomic E-state index is 14.4. The van der Waals surface area contributed by atoms with Crippen molar-refractivity contribution in [1.29, 1.82) is 0 Å². The van der Waals surface area contributed by atoms with E-state index in [1.54, 1.807) is 6.07 Å². The molecule has 2 aromatic carbocycles. The van der Waals surface area contributed by atoms with Crippen LogP contribution in [0.15, 0.2) is 60.7 Å². The molecule has 4 atom stereocenters. The van der Waals surface area contributed by atoms with Gasteiger partial charge in [-0.25, -0.2) is 13.8 Å². The number of aromatic nitrogens is 1. The topological polar surface area (TPSA) is 91.4 Å². The summed E-state index contributed by atoms with van der Waals surface area (Å²) in [6, 6.07) is 13.5. The lowest BCUT2D eigenvalue weighted by Crippen LogP contribution is -2.49. The number of nitrogens with one attached hydrogen (secondary N) is 2. The monoisotopic (exact) mass is 560 g/mol. The number of benzene rings is 2. The van der Waals surface area contributed by atoms with Gasteiger partial charge in [0.1, 0.15) is 23.7 Å². The van der Waals surface area contributed by atoms with Gasteiger partial charge in [0, 0.05) is 11.8 Å². The highest BCUT2D eigenvalue weighted by Crippen LogP contribution is 2.52. The smallest absolute Gasteiger partial charge is 0.270 e. The molecule has 1 aliphatic heterocycles. The van der Waals surface area contributed by atoms with E-state index in [9.17, 15) is 23.2 Å². The predicted molar refractivity (Wildman–Crippen MR) is 153 cm³/mol. The first-order valence-corrected chi connectivity index (χ1v) is 13.9. The van der Waals surface area contributed by atoms with Crippen molar-refractivity contribution in [3.05, 3.63) is 83.3 Å². The van der Waals surface area contributed by atoms with Crippen LogP contribution in [0.5, 0.6) is 0 Å². The Bertz CT molecular complexity index is 1520. The Hall–Kier alpha value is -4.14. The number of fused-ring (bicyclic) bond motifs is 1. The first-order chi connectivity index (χ1) is 19.5. The molecule has 1 unspecified atom stereocenters. The summed E-state index contributed by atoms with van der Waals surface area (Å²) in [5, 5.41) is 6.00. The standard InChI is InChI=1S/C32H34F2N4O3/c1-19(25-7-5-4-6-20(25)8-10-22-16-32(22,2)3)36-31(41)28-15-24(34)18-38(28)29(39)17-35-30(40)27-12-9-21-14-23(33)11-13-26(21)37-27/h4-14,19,22,24,28H,15-18H2,1-3H3,(H,35,40)(H,36,41)/b10-8+/t19-,22?,24+,28-/m0/s1. The molecule has 2 fully saturated rings. The summed E-state index contributed by atoms with van der Waals surface area (Å²) in [6.45, 7) is 5.69. The van der Waals surface area contributed by atoms with Gasteiger partial charge in [-0.15, -0.1) is 0 Å². The molecule has 0 spiro atoms. The van der Waals surface area contributed by atoms with E-state index < -0.39 is 42.3 Å². The van der Waals surface area contributed by atoms with Crippen LogP contribution in [0, 0.1) is 17.2 Å². The third kappa shape index (κ3) is 6.45. The Morgan fingerprint density at radius 2 is 1.90 bits per heavy atom. The average molecular weight is 561 g/mol. The van der Waals surface area contributed by atoms with Crippen LogP contribution in [-0.4, -0.2) is 52.9 Å². The second-order valence-corrected chi connectivity index (χ2v) is 11.6. The first kappa shape index (κ1) is 28.4. The molecule has 2 heterocycles.